The average Bonchev–Trinajstić information content (AvgIpc) is 2.95. The molecule has 1 aliphatic rings. The molecule has 21 heavy (non-hydrogen) atoms. The van der Waals surface area contributed by atoms with Gasteiger partial charge in [0.15, 0.2) is 0 Å². The molecule has 1 aromatic rings. The number of nitrogens with one attached hydrogen (secondary N) is 1. The minimum atomic E-state index is -3.38. The van der Waals surface area contributed by atoms with Crippen LogP contribution in [0.15, 0.2) is 24.3 Å². The number of rotatable bonds is 6. The van der Waals surface area contributed by atoms with Crippen LogP contribution in [0.3, 0.4) is 0 Å². The van der Waals surface area contributed by atoms with Crippen LogP contribution < -0.4 is 4.72 Å². The third-order valence-corrected chi connectivity index (χ3v) is 5.70. The second-order valence-corrected chi connectivity index (χ2v) is 7.82. The number of halogens is 1. The van der Waals surface area contributed by atoms with E-state index in [2.05, 4.69) is 4.72 Å². The van der Waals surface area contributed by atoms with Crippen molar-refractivity contribution in [2.75, 3.05) is 13.2 Å². The summed E-state index contributed by atoms with van der Waals surface area (Å²) in [7, 11) is -3.38. The first-order valence-electron chi connectivity index (χ1n) is 7.22. The fraction of sp³-hybridized carbons (Fsp3) is 0.600. The van der Waals surface area contributed by atoms with Crippen LogP contribution >= 0.6 is 0 Å². The molecular formula is C15H22FNO3S. The molecule has 4 nitrogen and oxygen atoms in total. The molecule has 1 fully saturated rings. The highest BCUT2D eigenvalue weighted by Gasteiger charge is 2.32. The van der Waals surface area contributed by atoms with Gasteiger partial charge >= 0.3 is 0 Å². The van der Waals surface area contributed by atoms with E-state index in [0.717, 1.165) is 5.56 Å². The van der Waals surface area contributed by atoms with Gasteiger partial charge in [0.05, 0.1) is 6.61 Å². The minimum absolute atomic E-state index is 0.146. The summed E-state index contributed by atoms with van der Waals surface area (Å²) in [6, 6.07) is 5.97. The van der Waals surface area contributed by atoms with Crippen molar-refractivity contribution in [3.8, 4) is 0 Å². The number of ether oxygens (including phenoxy) is 1. The molecule has 1 heterocycles. The van der Waals surface area contributed by atoms with E-state index in [1.165, 1.54) is 12.1 Å². The zero-order chi connectivity index (χ0) is 15.5. The predicted octanol–water partition coefficient (Wildman–Crippen LogP) is 2.10. The van der Waals surface area contributed by atoms with Crippen LogP contribution in [0.2, 0.25) is 0 Å². The molecule has 6 heteroatoms. The standard InChI is InChI=1S/C15H22FNO3S/c1-11(2)15(9-12-3-5-13(16)6-4-12)17-21(18,19)14-7-8-20-10-14/h3-6,11,14-15,17H,7-10H2,1-2H3/t14-,15+/m1/s1. The van der Waals surface area contributed by atoms with E-state index in [0.29, 0.717) is 19.4 Å². The lowest BCUT2D eigenvalue weighted by molar-refractivity contribution is 0.198. The maximum absolute atomic E-state index is 12.9. The van der Waals surface area contributed by atoms with Gasteiger partial charge < -0.3 is 4.74 Å². The normalized spacial score (nSPS) is 20.9. The van der Waals surface area contributed by atoms with Crippen molar-refractivity contribution in [1.29, 1.82) is 0 Å². The van der Waals surface area contributed by atoms with Crippen molar-refractivity contribution in [3.63, 3.8) is 0 Å². The maximum Gasteiger partial charge on any atom is 0.217 e. The van der Waals surface area contributed by atoms with E-state index in [1.807, 2.05) is 13.8 Å². The SMILES string of the molecule is CC(C)[C@H](Cc1ccc(F)cc1)NS(=O)(=O)[C@@H]1CCOC1. The monoisotopic (exact) mass is 315 g/mol. The Kier molecular flexibility index (Phi) is 5.35. The molecule has 0 aliphatic carbocycles. The Balaban J connectivity index is 2.06. The average molecular weight is 315 g/mol. The van der Waals surface area contributed by atoms with Gasteiger partial charge in [-0.2, -0.15) is 0 Å². The lowest BCUT2D eigenvalue weighted by Gasteiger charge is -2.24. The van der Waals surface area contributed by atoms with Crippen LogP contribution in [0.5, 0.6) is 0 Å². The van der Waals surface area contributed by atoms with Crippen molar-refractivity contribution in [3.05, 3.63) is 35.6 Å². The van der Waals surface area contributed by atoms with Gasteiger partial charge in [-0.1, -0.05) is 26.0 Å². The maximum atomic E-state index is 12.9. The molecule has 2 rings (SSSR count). The molecule has 0 bridgehead atoms. The lowest BCUT2D eigenvalue weighted by Crippen LogP contribution is -2.44. The number of benzene rings is 1. The summed E-state index contributed by atoms with van der Waals surface area (Å²) < 4.78 is 45.6. The quantitative estimate of drug-likeness (QED) is 0.874. The van der Waals surface area contributed by atoms with Gasteiger partial charge in [-0.3, -0.25) is 0 Å². The van der Waals surface area contributed by atoms with Gasteiger partial charge in [0.2, 0.25) is 10.0 Å². The first-order chi connectivity index (χ1) is 9.88. The van der Waals surface area contributed by atoms with Crippen molar-refractivity contribution >= 4 is 10.0 Å². The highest BCUT2D eigenvalue weighted by molar-refractivity contribution is 7.90. The van der Waals surface area contributed by atoms with E-state index in [1.54, 1.807) is 12.1 Å². The molecule has 1 aromatic carbocycles. The minimum Gasteiger partial charge on any atom is -0.380 e. The molecular weight excluding hydrogens is 293 g/mol. The Bertz CT molecular complexity index is 551. The highest BCUT2D eigenvalue weighted by atomic mass is 32.2. The van der Waals surface area contributed by atoms with Gasteiger partial charge in [-0.05, 0) is 36.5 Å². The highest BCUT2D eigenvalue weighted by Crippen LogP contribution is 2.17. The Hall–Kier alpha value is -0.980. The summed E-state index contributed by atoms with van der Waals surface area (Å²) in [4.78, 5) is 0. The van der Waals surface area contributed by atoms with Gasteiger partial charge in [0.1, 0.15) is 11.1 Å². The lowest BCUT2D eigenvalue weighted by atomic mass is 9.97. The molecule has 0 unspecified atom stereocenters. The molecule has 0 saturated carbocycles. The summed E-state index contributed by atoms with van der Waals surface area (Å²) in [5, 5.41) is -0.466. The zero-order valence-corrected chi connectivity index (χ0v) is 13.2. The summed E-state index contributed by atoms with van der Waals surface area (Å²) in [6.07, 6.45) is 1.08. The fourth-order valence-corrected chi connectivity index (χ4v) is 4.00. The summed E-state index contributed by atoms with van der Waals surface area (Å²) in [5.74, 6) is -0.143. The van der Waals surface area contributed by atoms with Gasteiger partial charge in [-0.25, -0.2) is 17.5 Å². The molecule has 2 atom stereocenters. The van der Waals surface area contributed by atoms with E-state index in [9.17, 15) is 12.8 Å². The number of hydrogen-bond acceptors (Lipinski definition) is 3. The Morgan fingerprint density at radius 3 is 2.52 bits per heavy atom. The molecule has 0 radical (unpaired) electrons. The largest absolute Gasteiger partial charge is 0.380 e. The second-order valence-electron chi connectivity index (χ2n) is 5.83. The van der Waals surface area contributed by atoms with Crippen LogP contribution in [0.1, 0.15) is 25.8 Å². The van der Waals surface area contributed by atoms with E-state index in [-0.39, 0.29) is 24.4 Å². The molecule has 1 aliphatic heterocycles. The Morgan fingerprint density at radius 2 is 2.00 bits per heavy atom. The van der Waals surface area contributed by atoms with Crippen molar-refractivity contribution < 1.29 is 17.5 Å². The molecule has 1 saturated heterocycles. The topological polar surface area (TPSA) is 55.4 Å². The van der Waals surface area contributed by atoms with E-state index < -0.39 is 15.3 Å². The van der Waals surface area contributed by atoms with Crippen LogP contribution in [0, 0.1) is 11.7 Å². The smallest absolute Gasteiger partial charge is 0.217 e. The molecule has 0 aromatic heterocycles. The molecule has 1 N–H and O–H groups in total. The first kappa shape index (κ1) is 16.4. The summed E-state index contributed by atoms with van der Waals surface area (Å²) in [6.45, 7) is 4.70. The van der Waals surface area contributed by atoms with E-state index >= 15 is 0 Å². The molecule has 0 amide bonds. The van der Waals surface area contributed by atoms with Crippen molar-refractivity contribution in [2.24, 2.45) is 5.92 Å². The first-order valence-corrected chi connectivity index (χ1v) is 8.76. The van der Waals surface area contributed by atoms with Crippen LogP contribution in [0.25, 0.3) is 0 Å². The van der Waals surface area contributed by atoms with Crippen LogP contribution in [-0.2, 0) is 21.2 Å². The molecule has 0 spiro atoms. The Labute approximate surface area is 125 Å². The van der Waals surface area contributed by atoms with E-state index in [4.69, 9.17) is 4.74 Å². The third-order valence-electron chi connectivity index (χ3n) is 3.82. The number of hydrogen-bond donors (Lipinski definition) is 1. The van der Waals surface area contributed by atoms with Gasteiger partial charge in [0.25, 0.3) is 0 Å². The van der Waals surface area contributed by atoms with Crippen LogP contribution in [-0.4, -0.2) is 32.9 Å². The van der Waals surface area contributed by atoms with Gasteiger partial charge in [0, 0.05) is 12.6 Å². The predicted molar refractivity (Wildman–Crippen MR) is 80.0 cm³/mol. The fourth-order valence-electron chi connectivity index (χ4n) is 2.35. The summed E-state index contributed by atoms with van der Waals surface area (Å²) >= 11 is 0. The Morgan fingerprint density at radius 1 is 1.33 bits per heavy atom. The van der Waals surface area contributed by atoms with Crippen molar-refractivity contribution in [2.45, 2.75) is 38.0 Å². The summed E-state index contributed by atoms with van der Waals surface area (Å²) in [5.41, 5.74) is 0.917. The van der Waals surface area contributed by atoms with Gasteiger partial charge in [-0.15, -0.1) is 0 Å². The van der Waals surface area contributed by atoms with Crippen LogP contribution in [0.4, 0.5) is 4.39 Å². The molecule has 118 valence electrons. The zero-order valence-electron chi connectivity index (χ0n) is 12.4. The van der Waals surface area contributed by atoms with Crippen molar-refractivity contribution in [1.82, 2.24) is 4.72 Å². The second kappa shape index (κ2) is 6.85. The third kappa shape index (κ3) is 4.49. The number of sulfonamides is 1.